The molecule has 3 N–H and O–H groups in total. The Bertz CT molecular complexity index is 304. The van der Waals surface area contributed by atoms with E-state index in [9.17, 15) is 0 Å². The molecule has 14 heavy (non-hydrogen) atoms. The van der Waals surface area contributed by atoms with Gasteiger partial charge in [-0.05, 0) is 30.9 Å². The van der Waals surface area contributed by atoms with Crippen LogP contribution in [0.4, 0.5) is 0 Å². The van der Waals surface area contributed by atoms with E-state index >= 15 is 0 Å². The summed E-state index contributed by atoms with van der Waals surface area (Å²) in [5.41, 5.74) is 8.39. The van der Waals surface area contributed by atoms with Crippen LogP contribution in [0.1, 0.15) is 19.3 Å². The summed E-state index contributed by atoms with van der Waals surface area (Å²) in [5.74, 6) is 6.99. The first-order valence-electron chi connectivity index (χ1n) is 4.92. The van der Waals surface area contributed by atoms with Gasteiger partial charge in [0.05, 0.1) is 0 Å². The Hall–Kier alpha value is -1.04. The van der Waals surface area contributed by atoms with Crippen molar-refractivity contribution in [1.82, 2.24) is 0 Å². The van der Waals surface area contributed by atoms with E-state index in [2.05, 4.69) is 24.0 Å². The molecule has 0 aromatic heterocycles. The molecule has 0 bridgehead atoms. The number of hydrogen-bond acceptors (Lipinski definition) is 2. The second-order valence-corrected chi connectivity index (χ2v) is 3.42. The van der Waals surface area contributed by atoms with Crippen molar-refractivity contribution in [3.8, 4) is 11.8 Å². The highest BCUT2D eigenvalue weighted by molar-refractivity contribution is 5.45. The SMILES string of the molecule is CO.NCC1CC2=C(C=CCC#C2)C1. The van der Waals surface area contributed by atoms with Crippen LogP contribution in [0.3, 0.4) is 0 Å². The lowest BCUT2D eigenvalue weighted by atomic mass is 10.1. The van der Waals surface area contributed by atoms with Gasteiger partial charge in [0.2, 0.25) is 0 Å². The summed E-state index contributed by atoms with van der Waals surface area (Å²) in [4.78, 5) is 0. The van der Waals surface area contributed by atoms with Crippen LogP contribution in [-0.4, -0.2) is 18.8 Å². The molecule has 1 unspecified atom stereocenters. The van der Waals surface area contributed by atoms with E-state index in [0.29, 0.717) is 5.92 Å². The summed E-state index contributed by atoms with van der Waals surface area (Å²) in [6.07, 6.45) is 7.49. The average Bonchev–Trinajstić information content (AvgIpc) is 2.52. The molecule has 0 saturated carbocycles. The van der Waals surface area contributed by atoms with Crippen LogP contribution in [-0.2, 0) is 0 Å². The Morgan fingerprint density at radius 3 is 3.00 bits per heavy atom. The molecule has 0 aliphatic heterocycles. The number of aliphatic hydroxyl groups excluding tert-OH is 1. The summed E-state index contributed by atoms with van der Waals surface area (Å²) >= 11 is 0. The highest BCUT2D eigenvalue weighted by atomic mass is 16.2. The standard InChI is InChI=1S/C11H13N.CH4O/c12-8-9-6-10-4-2-1-3-5-11(10)7-9;1-2/h2,4,9H,1,6-8,12H2;2H,1H3. The third-order valence-electron chi connectivity index (χ3n) is 2.50. The zero-order valence-corrected chi connectivity index (χ0v) is 8.59. The topological polar surface area (TPSA) is 46.2 Å². The van der Waals surface area contributed by atoms with E-state index in [4.69, 9.17) is 10.8 Å². The van der Waals surface area contributed by atoms with Crippen molar-refractivity contribution in [3.05, 3.63) is 23.3 Å². The molecule has 2 rings (SSSR count). The third kappa shape index (κ3) is 2.47. The van der Waals surface area contributed by atoms with Gasteiger partial charge in [0.15, 0.2) is 0 Å². The fraction of sp³-hybridized carbons (Fsp3) is 0.500. The zero-order valence-electron chi connectivity index (χ0n) is 8.59. The van der Waals surface area contributed by atoms with Crippen LogP contribution in [0.2, 0.25) is 0 Å². The van der Waals surface area contributed by atoms with E-state index in [1.165, 1.54) is 11.1 Å². The van der Waals surface area contributed by atoms with Crippen molar-refractivity contribution in [1.29, 1.82) is 0 Å². The first-order valence-corrected chi connectivity index (χ1v) is 4.92. The van der Waals surface area contributed by atoms with Crippen molar-refractivity contribution < 1.29 is 5.11 Å². The van der Waals surface area contributed by atoms with Gasteiger partial charge < -0.3 is 10.8 Å². The molecule has 0 fully saturated rings. The van der Waals surface area contributed by atoms with Gasteiger partial charge in [-0.2, -0.15) is 0 Å². The number of aliphatic hydroxyl groups is 1. The lowest BCUT2D eigenvalue weighted by Gasteiger charge is -2.03. The Morgan fingerprint density at radius 1 is 1.50 bits per heavy atom. The average molecular weight is 191 g/mol. The van der Waals surface area contributed by atoms with Crippen LogP contribution >= 0.6 is 0 Å². The van der Waals surface area contributed by atoms with Gasteiger partial charge in [-0.15, -0.1) is 0 Å². The molecule has 2 heteroatoms. The minimum absolute atomic E-state index is 0.645. The molecule has 2 nitrogen and oxygen atoms in total. The molecule has 0 aromatic carbocycles. The van der Waals surface area contributed by atoms with E-state index in [1.807, 2.05) is 0 Å². The minimum atomic E-state index is 0.645. The second-order valence-electron chi connectivity index (χ2n) is 3.42. The Balaban J connectivity index is 0.000000461. The number of allylic oxidation sites excluding steroid dienone is 4. The van der Waals surface area contributed by atoms with Crippen molar-refractivity contribution in [3.63, 3.8) is 0 Å². The molecule has 0 heterocycles. The lowest BCUT2D eigenvalue weighted by molar-refractivity contribution is 0.399. The summed E-state index contributed by atoms with van der Waals surface area (Å²) < 4.78 is 0. The second kappa shape index (κ2) is 5.64. The molecule has 0 aromatic rings. The van der Waals surface area contributed by atoms with Crippen molar-refractivity contribution in [2.45, 2.75) is 19.3 Å². The first kappa shape index (κ1) is 11.0. The van der Waals surface area contributed by atoms with E-state index in [1.54, 1.807) is 0 Å². The third-order valence-corrected chi connectivity index (χ3v) is 2.50. The Morgan fingerprint density at radius 2 is 2.29 bits per heavy atom. The highest BCUT2D eigenvalue weighted by Gasteiger charge is 2.20. The van der Waals surface area contributed by atoms with Crippen LogP contribution in [0.15, 0.2) is 23.3 Å². The summed E-state index contributed by atoms with van der Waals surface area (Å²) in [6, 6.07) is 0. The molecule has 0 radical (unpaired) electrons. The van der Waals surface area contributed by atoms with E-state index in [0.717, 1.165) is 32.9 Å². The predicted molar refractivity (Wildman–Crippen MR) is 58.5 cm³/mol. The molecule has 2 aliphatic rings. The predicted octanol–water partition coefficient (Wildman–Crippen LogP) is 1.22. The summed E-state index contributed by atoms with van der Waals surface area (Å²) in [6.45, 7) is 0.794. The lowest BCUT2D eigenvalue weighted by Crippen LogP contribution is -2.11. The van der Waals surface area contributed by atoms with Gasteiger partial charge in [-0.25, -0.2) is 0 Å². The fourth-order valence-electron chi connectivity index (χ4n) is 1.81. The van der Waals surface area contributed by atoms with Crippen LogP contribution in [0.25, 0.3) is 0 Å². The Kier molecular flexibility index (Phi) is 4.45. The fourth-order valence-corrected chi connectivity index (χ4v) is 1.81. The van der Waals surface area contributed by atoms with Crippen LogP contribution in [0, 0.1) is 17.8 Å². The minimum Gasteiger partial charge on any atom is -0.400 e. The van der Waals surface area contributed by atoms with Gasteiger partial charge in [0.1, 0.15) is 0 Å². The van der Waals surface area contributed by atoms with Gasteiger partial charge in [-0.1, -0.05) is 24.0 Å². The maximum atomic E-state index is 7.00. The number of hydrogen-bond donors (Lipinski definition) is 2. The largest absolute Gasteiger partial charge is 0.400 e. The zero-order chi connectivity index (χ0) is 10.4. The summed E-state index contributed by atoms with van der Waals surface area (Å²) in [5, 5.41) is 7.00. The van der Waals surface area contributed by atoms with Crippen molar-refractivity contribution in [2.75, 3.05) is 13.7 Å². The van der Waals surface area contributed by atoms with Gasteiger partial charge in [0.25, 0.3) is 0 Å². The molecular formula is C12H17NO. The normalized spacial score (nSPS) is 22.9. The maximum absolute atomic E-state index is 7.00. The smallest absolute Gasteiger partial charge is 0.0319 e. The van der Waals surface area contributed by atoms with E-state index in [-0.39, 0.29) is 0 Å². The molecule has 0 spiro atoms. The van der Waals surface area contributed by atoms with Gasteiger partial charge >= 0.3 is 0 Å². The molecule has 1 atom stereocenters. The molecule has 0 amide bonds. The highest BCUT2D eigenvalue weighted by Crippen LogP contribution is 2.31. The summed E-state index contributed by atoms with van der Waals surface area (Å²) in [7, 11) is 1.00. The Labute approximate surface area is 85.5 Å². The molecule has 0 saturated heterocycles. The van der Waals surface area contributed by atoms with Crippen LogP contribution in [0.5, 0.6) is 0 Å². The van der Waals surface area contributed by atoms with Gasteiger partial charge in [0, 0.05) is 19.1 Å². The number of nitrogens with two attached hydrogens (primary N) is 1. The first-order chi connectivity index (χ1) is 6.90. The number of rotatable bonds is 1. The molecule has 76 valence electrons. The van der Waals surface area contributed by atoms with E-state index < -0.39 is 0 Å². The van der Waals surface area contributed by atoms with Crippen molar-refractivity contribution >= 4 is 0 Å². The molecule has 2 aliphatic carbocycles. The van der Waals surface area contributed by atoms with Gasteiger partial charge in [-0.3, -0.25) is 0 Å². The monoisotopic (exact) mass is 191 g/mol. The maximum Gasteiger partial charge on any atom is 0.0319 e. The molecular weight excluding hydrogens is 174 g/mol. The van der Waals surface area contributed by atoms with Crippen molar-refractivity contribution in [2.24, 2.45) is 11.7 Å². The van der Waals surface area contributed by atoms with Crippen LogP contribution < -0.4 is 5.73 Å². The quantitative estimate of drug-likeness (QED) is 0.612.